The molecule has 0 saturated carbocycles. The zero-order chi connectivity index (χ0) is 22.6. The van der Waals surface area contributed by atoms with Crippen molar-refractivity contribution in [3.8, 4) is 11.3 Å². The molecule has 7 nitrogen and oxygen atoms in total. The number of alkyl halides is 3. The van der Waals surface area contributed by atoms with Crippen molar-refractivity contribution in [3.05, 3.63) is 70.9 Å². The van der Waals surface area contributed by atoms with Gasteiger partial charge in [-0.2, -0.15) is 13.2 Å². The molecule has 0 spiro atoms. The number of non-ortho nitro benzene ring substituents is 1. The van der Waals surface area contributed by atoms with E-state index < -0.39 is 28.8 Å². The van der Waals surface area contributed by atoms with Gasteiger partial charge >= 0.3 is 6.18 Å². The van der Waals surface area contributed by atoms with Crippen molar-refractivity contribution in [1.82, 2.24) is 9.55 Å². The molecule has 1 N–H and O–H groups in total. The van der Waals surface area contributed by atoms with Crippen LogP contribution in [0.25, 0.3) is 11.3 Å². The van der Waals surface area contributed by atoms with Crippen LogP contribution in [0, 0.1) is 10.1 Å². The number of anilines is 1. The van der Waals surface area contributed by atoms with E-state index in [1.165, 1.54) is 30.5 Å². The Labute approximate surface area is 179 Å². The fourth-order valence-electron chi connectivity index (χ4n) is 2.75. The van der Waals surface area contributed by atoms with Crippen LogP contribution in [0.2, 0.25) is 0 Å². The summed E-state index contributed by atoms with van der Waals surface area (Å²) in [4.78, 5) is 26.7. The zero-order valence-electron chi connectivity index (χ0n) is 16.2. The highest BCUT2D eigenvalue weighted by Crippen LogP contribution is 2.32. The molecule has 1 aromatic heterocycles. The Kier molecular flexibility index (Phi) is 6.64. The number of nitro benzene ring substituents is 1. The first-order valence-electron chi connectivity index (χ1n) is 9.04. The number of hydrogen-bond donors (Lipinski definition) is 1. The van der Waals surface area contributed by atoms with E-state index in [2.05, 4.69) is 10.3 Å². The average Bonchev–Trinajstić information content (AvgIpc) is 3.09. The molecule has 0 radical (unpaired) electrons. The number of hydrogen-bond acceptors (Lipinski definition) is 5. The Morgan fingerprint density at radius 2 is 1.84 bits per heavy atom. The average molecular weight is 450 g/mol. The number of nitrogens with one attached hydrogen (secondary N) is 1. The quantitative estimate of drug-likeness (QED) is 0.306. The number of benzene rings is 2. The number of amides is 1. The molecule has 3 rings (SSSR count). The molecule has 1 unspecified atom stereocenters. The Bertz CT molecular complexity index is 1070. The summed E-state index contributed by atoms with van der Waals surface area (Å²) in [5, 5.41) is 12.6. The summed E-state index contributed by atoms with van der Waals surface area (Å²) in [5.74, 6) is -0.471. The number of imidazole rings is 1. The second-order valence-electron chi connectivity index (χ2n) is 6.55. The lowest BCUT2D eigenvalue weighted by molar-refractivity contribution is -0.384. The molecule has 0 bridgehead atoms. The van der Waals surface area contributed by atoms with E-state index in [4.69, 9.17) is 0 Å². The van der Waals surface area contributed by atoms with Crippen LogP contribution >= 0.6 is 11.8 Å². The minimum absolute atomic E-state index is 0.0579. The van der Waals surface area contributed by atoms with Gasteiger partial charge < -0.3 is 9.88 Å². The molecule has 0 aliphatic heterocycles. The lowest BCUT2D eigenvalue weighted by Gasteiger charge is -2.16. The smallest absolute Gasteiger partial charge is 0.325 e. The minimum atomic E-state index is -4.47. The number of carbonyl (C=O) groups excluding carboxylic acids is 1. The first-order valence-corrected chi connectivity index (χ1v) is 9.91. The summed E-state index contributed by atoms with van der Waals surface area (Å²) in [5.41, 5.74) is 1.09. The van der Waals surface area contributed by atoms with E-state index in [1.54, 1.807) is 37.3 Å². The number of carbonyl (C=O) groups is 1. The van der Waals surface area contributed by atoms with E-state index in [1.807, 2.05) is 0 Å². The maximum Gasteiger partial charge on any atom is 0.406 e. The van der Waals surface area contributed by atoms with Crippen molar-refractivity contribution in [2.24, 2.45) is 0 Å². The Morgan fingerprint density at radius 1 is 1.19 bits per heavy atom. The van der Waals surface area contributed by atoms with Crippen molar-refractivity contribution >= 4 is 29.0 Å². The third kappa shape index (κ3) is 5.85. The van der Waals surface area contributed by atoms with Crippen LogP contribution in [0.5, 0.6) is 0 Å². The summed E-state index contributed by atoms with van der Waals surface area (Å²) in [7, 11) is 0. The van der Waals surface area contributed by atoms with Gasteiger partial charge in [0.1, 0.15) is 6.54 Å². The first-order chi connectivity index (χ1) is 14.6. The lowest BCUT2D eigenvalue weighted by Crippen LogP contribution is -2.24. The number of rotatable bonds is 7. The van der Waals surface area contributed by atoms with E-state index >= 15 is 0 Å². The SMILES string of the molecule is CC(Sc1ncc(-c2ccccc2)n1CC(F)(F)F)C(=O)Nc1ccc([N+](=O)[O-])cc1. The van der Waals surface area contributed by atoms with E-state index in [0.29, 0.717) is 16.9 Å². The van der Waals surface area contributed by atoms with Gasteiger partial charge in [-0.1, -0.05) is 42.1 Å². The van der Waals surface area contributed by atoms with Crippen LogP contribution in [-0.4, -0.2) is 31.8 Å². The van der Waals surface area contributed by atoms with E-state index in [-0.39, 0.29) is 10.8 Å². The fourth-order valence-corrected chi connectivity index (χ4v) is 3.63. The predicted octanol–water partition coefficient (Wildman–Crippen LogP) is 5.14. The molecule has 2 aromatic carbocycles. The molecule has 1 amide bonds. The number of nitro groups is 1. The molecular formula is C20H17F3N4O3S. The van der Waals surface area contributed by atoms with E-state index in [9.17, 15) is 28.1 Å². The molecule has 162 valence electrons. The summed E-state index contributed by atoms with van der Waals surface area (Å²) in [6.07, 6.45) is -3.12. The fraction of sp³-hybridized carbons (Fsp3) is 0.200. The number of nitrogens with zero attached hydrogens (tertiary/aromatic N) is 3. The molecule has 0 saturated heterocycles. The standard InChI is InChI=1S/C20H17F3N4O3S/c1-13(18(28)25-15-7-9-16(10-8-15)27(29)30)31-19-24-11-17(14-5-3-2-4-6-14)26(19)12-20(21,22)23/h2-11,13H,12H2,1H3,(H,25,28). The molecule has 1 atom stereocenters. The Hall–Kier alpha value is -3.34. The highest BCUT2D eigenvalue weighted by molar-refractivity contribution is 8.00. The van der Waals surface area contributed by atoms with Crippen molar-refractivity contribution in [2.45, 2.75) is 30.1 Å². The number of aromatic nitrogens is 2. The molecule has 0 aliphatic carbocycles. The summed E-state index contributed by atoms with van der Waals surface area (Å²) < 4.78 is 40.6. The maximum absolute atomic E-state index is 13.2. The summed E-state index contributed by atoms with van der Waals surface area (Å²) in [6, 6.07) is 13.8. The Morgan fingerprint density at radius 3 is 2.42 bits per heavy atom. The van der Waals surface area contributed by atoms with Crippen LogP contribution in [0.4, 0.5) is 24.5 Å². The normalized spacial score (nSPS) is 12.4. The minimum Gasteiger partial charge on any atom is -0.325 e. The number of thioether (sulfide) groups is 1. The van der Waals surface area contributed by atoms with Gasteiger partial charge in [-0.25, -0.2) is 4.98 Å². The van der Waals surface area contributed by atoms with Gasteiger partial charge in [0, 0.05) is 17.8 Å². The van der Waals surface area contributed by atoms with Crippen LogP contribution in [0.15, 0.2) is 66.0 Å². The number of halogens is 3. The van der Waals surface area contributed by atoms with Crippen molar-refractivity contribution in [3.63, 3.8) is 0 Å². The molecule has 31 heavy (non-hydrogen) atoms. The topological polar surface area (TPSA) is 90.1 Å². The van der Waals surface area contributed by atoms with Gasteiger partial charge in [0.15, 0.2) is 5.16 Å². The highest BCUT2D eigenvalue weighted by Gasteiger charge is 2.31. The van der Waals surface area contributed by atoms with Gasteiger partial charge in [-0.15, -0.1) is 0 Å². The monoisotopic (exact) mass is 450 g/mol. The van der Waals surface area contributed by atoms with Crippen LogP contribution in [0.1, 0.15) is 6.92 Å². The predicted molar refractivity (Wildman–Crippen MR) is 111 cm³/mol. The third-order valence-electron chi connectivity index (χ3n) is 4.22. The van der Waals surface area contributed by atoms with Crippen LogP contribution < -0.4 is 5.32 Å². The van der Waals surface area contributed by atoms with Crippen molar-refractivity contribution in [2.75, 3.05) is 5.32 Å². The van der Waals surface area contributed by atoms with Gasteiger partial charge in [-0.05, 0) is 24.6 Å². The van der Waals surface area contributed by atoms with Crippen molar-refractivity contribution < 1.29 is 22.9 Å². The summed E-state index contributed by atoms with van der Waals surface area (Å²) in [6.45, 7) is 0.302. The zero-order valence-corrected chi connectivity index (χ0v) is 17.0. The Balaban J connectivity index is 1.78. The second-order valence-corrected chi connectivity index (χ2v) is 7.85. The third-order valence-corrected chi connectivity index (χ3v) is 5.33. The molecule has 3 aromatic rings. The first kappa shape index (κ1) is 22.3. The van der Waals surface area contributed by atoms with Gasteiger partial charge in [0.25, 0.3) is 5.69 Å². The van der Waals surface area contributed by atoms with Crippen LogP contribution in [-0.2, 0) is 11.3 Å². The van der Waals surface area contributed by atoms with Gasteiger partial charge in [0.2, 0.25) is 5.91 Å². The lowest BCUT2D eigenvalue weighted by atomic mass is 10.2. The molecular weight excluding hydrogens is 433 g/mol. The van der Waals surface area contributed by atoms with E-state index in [0.717, 1.165) is 16.3 Å². The largest absolute Gasteiger partial charge is 0.406 e. The molecule has 1 heterocycles. The van der Waals surface area contributed by atoms with Gasteiger partial charge in [0.05, 0.1) is 22.1 Å². The van der Waals surface area contributed by atoms with Crippen molar-refractivity contribution in [1.29, 1.82) is 0 Å². The van der Waals surface area contributed by atoms with Gasteiger partial charge in [-0.3, -0.25) is 14.9 Å². The highest BCUT2D eigenvalue weighted by atomic mass is 32.2. The molecule has 11 heteroatoms. The maximum atomic E-state index is 13.2. The van der Waals surface area contributed by atoms with Crippen LogP contribution in [0.3, 0.4) is 0 Å². The molecule has 0 fully saturated rings. The molecule has 0 aliphatic rings. The second kappa shape index (κ2) is 9.21. The summed E-state index contributed by atoms with van der Waals surface area (Å²) >= 11 is 0.893.